The van der Waals surface area contributed by atoms with Crippen molar-refractivity contribution in [2.75, 3.05) is 7.11 Å². The van der Waals surface area contributed by atoms with Crippen LogP contribution in [0.2, 0.25) is 0 Å². The fourth-order valence-corrected chi connectivity index (χ4v) is 2.69. The van der Waals surface area contributed by atoms with Gasteiger partial charge in [-0.2, -0.15) is 0 Å². The highest BCUT2D eigenvalue weighted by molar-refractivity contribution is 7.13. The Morgan fingerprint density at radius 1 is 1.35 bits per heavy atom. The molecule has 118 valence electrons. The Bertz CT molecular complexity index is 811. The molecule has 0 aliphatic carbocycles. The number of rotatable bonds is 6. The predicted octanol–water partition coefficient (Wildman–Crippen LogP) is 3.09. The van der Waals surface area contributed by atoms with Crippen LogP contribution in [0.15, 0.2) is 46.3 Å². The molecule has 3 rings (SSSR count). The predicted molar refractivity (Wildman–Crippen MR) is 85.7 cm³/mol. The summed E-state index contributed by atoms with van der Waals surface area (Å²) in [5.41, 5.74) is 6.25. The molecule has 23 heavy (non-hydrogen) atoms. The number of carbonyl (C=O) groups excluding carboxylic acids is 1. The third kappa shape index (κ3) is 3.35. The lowest BCUT2D eigenvalue weighted by Gasteiger charge is -2.09. The van der Waals surface area contributed by atoms with Crippen LogP contribution >= 0.6 is 11.3 Å². The molecule has 0 radical (unpaired) electrons. The van der Waals surface area contributed by atoms with E-state index in [2.05, 4.69) is 5.16 Å². The van der Waals surface area contributed by atoms with E-state index in [9.17, 15) is 4.79 Å². The van der Waals surface area contributed by atoms with Crippen LogP contribution in [0.3, 0.4) is 0 Å². The summed E-state index contributed by atoms with van der Waals surface area (Å²) in [6.07, 6.45) is 0. The fourth-order valence-electron chi connectivity index (χ4n) is 2.02. The van der Waals surface area contributed by atoms with Crippen molar-refractivity contribution in [1.82, 2.24) is 5.16 Å². The summed E-state index contributed by atoms with van der Waals surface area (Å²) in [6.45, 7) is 0.155. The average molecular weight is 330 g/mol. The van der Waals surface area contributed by atoms with Gasteiger partial charge in [0.15, 0.2) is 5.76 Å². The Balaban J connectivity index is 1.76. The first-order chi connectivity index (χ1) is 11.2. The van der Waals surface area contributed by atoms with Gasteiger partial charge in [0.05, 0.1) is 17.6 Å². The van der Waals surface area contributed by atoms with Gasteiger partial charge in [0.1, 0.15) is 23.8 Å². The van der Waals surface area contributed by atoms with Gasteiger partial charge in [0.25, 0.3) is 5.91 Å². The smallest absolute Gasteiger partial charge is 0.252 e. The molecule has 1 amide bonds. The third-order valence-electron chi connectivity index (χ3n) is 3.15. The van der Waals surface area contributed by atoms with Crippen LogP contribution in [0.25, 0.3) is 10.6 Å². The maximum atomic E-state index is 11.5. The SMILES string of the molecule is COc1ccc(C(N)=O)c(OCc2cc(-c3cccs3)on2)c1. The van der Waals surface area contributed by atoms with Crippen molar-refractivity contribution < 1.29 is 18.8 Å². The zero-order valence-corrected chi connectivity index (χ0v) is 13.1. The number of ether oxygens (including phenoxy) is 2. The summed E-state index contributed by atoms with van der Waals surface area (Å²) < 4.78 is 16.1. The standard InChI is InChI=1S/C16H14N2O4S/c1-20-11-4-5-12(16(17)19)13(8-11)21-9-10-7-14(22-18-10)15-3-2-6-23-15/h2-8H,9H2,1H3,(H2,17,19). The molecule has 0 saturated heterocycles. The molecule has 1 aromatic carbocycles. The second kappa shape index (κ2) is 6.53. The van der Waals surface area contributed by atoms with E-state index in [4.69, 9.17) is 19.7 Å². The molecule has 6 nitrogen and oxygen atoms in total. The quantitative estimate of drug-likeness (QED) is 0.750. The number of aromatic nitrogens is 1. The van der Waals surface area contributed by atoms with Crippen molar-refractivity contribution in [3.63, 3.8) is 0 Å². The summed E-state index contributed by atoms with van der Waals surface area (Å²) in [6, 6.07) is 10.5. The highest BCUT2D eigenvalue weighted by Crippen LogP contribution is 2.27. The summed E-state index contributed by atoms with van der Waals surface area (Å²) in [5.74, 6) is 1.03. The normalized spacial score (nSPS) is 10.5. The fraction of sp³-hybridized carbons (Fsp3) is 0.125. The lowest BCUT2D eigenvalue weighted by Crippen LogP contribution is -2.13. The Hall–Kier alpha value is -2.80. The molecule has 2 heterocycles. The van der Waals surface area contributed by atoms with Crippen LogP contribution in [-0.4, -0.2) is 18.2 Å². The number of primary amides is 1. The summed E-state index contributed by atoms with van der Waals surface area (Å²) >= 11 is 1.56. The number of hydrogen-bond donors (Lipinski definition) is 1. The zero-order chi connectivity index (χ0) is 16.2. The van der Waals surface area contributed by atoms with E-state index >= 15 is 0 Å². The summed E-state index contributed by atoms with van der Waals surface area (Å²) in [4.78, 5) is 12.4. The van der Waals surface area contributed by atoms with Crippen LogP contribution in [0.5, 0.6) is 11.5 Å². The van der Waals surface area contributed by atoms with Gasteiger partial charge in [-0.05, 0) is 23.6 Å². The number of carbonyl (C=O) groups is 1. The van der Waals surface area contributed by atoms with E-state index in [0.717, 1.165) is 4.88 Å². The Labute approximate surface area is 136 Å². The van der Waals surface area contributed by atoms with Crippen molar-refractivity contribution in [3.8, 4) is 22.1 Å². The minimum atomic E-state index is -0.568. The lowest BCUT2D eigenvalue weighted by molar-refractivity contribution is 0.0995. The van der Waals surface area contributed by atoms with Gasteiger partial charge in [-0.3, -0.25) is 4.79 Å². The van der Waals surface area contributed by atoms with E-state index in [1.54, 1.807) is 35.6 Å². The third-order valence-corrected chi connectivity index (χ3v) is 4.04. The molecule has 0 bridgehead atoms. The topological polar surface area (TPSA) is 87.6 Å². The van der Waals surface area contributed by atoms with Crippen LogP contribution in [-0.2, 0) is 6.61 Å². The lowest BCUT2D eigenvalue weighted by atomic mass is 10.2. The van der Waals surface area contributed by atoms with Crippen LogP contribution in [0.4, 0.5) is 0 Å². The Morgan fingerprint density at radius 3 is 2.91 bits per heavy atom. The number of amides is 1. The number of benzene rings is 1. The molecular weight excluding hydrogens is 316 g/mol. The molecule has 7 heteroatoms. The van der Waals surface area contributed by atoms with Gasteiger partial charge >= 0.3 is 0 Å². The van der Waals surface area contributed by atoms with Gasteiger partial charge in [-0.15, -0.1) is 11.3 Å². The van der Waals surface area contributed by atoms with E-state index in [1.807, 2.05) is 17.5 Å². The van der Waals surface area contributed by atoms with Gasteiger partial charge in [-0.1, -0.05) is 11.2 Å². The molecule has 0 spiro atoms. The number of thiophene rings is 1. The van der Waals surface area contributed by atoms with Gasteiger partial charge in [-0.25, -0.2) is 0 Å². The molecule has 0 fully saturated rings. The van der Waals surface area contributed by atoms with Crippen LogP contribution in [0, 0.1) is 0 Å². The monoisotopic (exact) mass is 330 g/mol. The average Bonchev–Trinajstić information content (AvgIpc) is 3.23. The molecule has 0 saturated carbocycles. The summed E-state index contributed by atoms with van der Waals surface area (Å²) in [5, 5.41) is 5.93. The number of nitrogens with two attached hydrogens (primary N) is 1. The van der Waals surface area contributed by atoms with Crippen LogP contribution in [0.1, 0.15) is 16.1 Å². The first-order valence-electron chi connectivity index (χ1n) is 6.77. The Kier molecular flexibility index (Phi) is 4.29. The molecule has 2 aromatic heterocycles. The van der Waals surface area contributed by atoms with Gasteiger partial charge < -0.3 is 19.7 Å². The van der Waals surface area contributed by atoms with Crippen LogP contribution < -0.4 is 15.2 Å². The largest absolute Gasteiger partial charge is 0.497 e. The Morgan fingerprint density at radius 2 is 2.22 bits per heavy atom. The molecule has 0 aliphatic heterocycles. The first kappa shape index (κ1) is 15.1. The maximum Gasteiger partial charge on any atom is 0.252 e. The molecular formula is C16H14N2O4S. The molecule has 0 unspecified atom stereocenters. The number of hydrogen-bond acceptors (Lipinski definition) is 6. The van der Waals surface area contributed by atoms with Crippen molar-refractivity contribution in [2.24, 2.45) is 5.73 Å². The second-order valence-electron chi connectivity index (χ2n) is 4.67. The van der Waals surface area contributed by atoms with Crippen molar-refractivity contribution in [1.29, 1.82) is 0 Å². The molecule has 2 N–H and O–H groups in total. The maximum absolute atomic E-state index is 11.5. The van der Waals surface area contributed by atoms with Crippen molar-refractivity contribution >= 4 is 17.2 Å². The number of nitrogens with zero attached hydrogens (tertiary/aromatic N) is 1. The second-order valence-corrected chi connectivity index (χ2v) is 5.62. The van der Waals surface area contributed by atoms with E-state index in [-0.39, 0.29) is 12.2 Å². The van der Waals surface area contributed by atoms with E-state index < -0.39 is 5.91 Å². The highest BCUT2D eigenvalue weighted by Gasteiger charge is 2.13. The van der Waals surface area contributed by atoms with Crippen molar-refractivity contribution in [3.05, 3.63) is 53.0 Å². The molecule has 0 atom stereocenters. The summed E-state index contributed by atoms with van der Waals surface area (Å²) in [7, 11) is 1.54. The molecule has 3 aromatic rings. The highest BCUT2D eigenvalue weighted by atomic mass is 32.1. The van der Waals surface area contributed by atoms with E-state index in [1.165, 1.54) is 7.11 Å². The number of methoxy groups -OCH3 is 1. The first-order valence-corrected chi connectivity index (χ1v) is 7.65. The zero-order valence-electron chi connectivity index (χ0n) is 12.3. The molecule has 0 aliphatic rings. The minimum absolute atomic E-state index is 0.155. The van der Waals surface area contributed by atoms with Gasteiger partial charge in [0.2, 0.25) is 0 Å². The van der Waals surface area contributed by atoms with E-state index in [0.29, 0.717) is 23.0 Å². The van der Waals surface area contributed by atoms with Gasteiger partial charge in [0, 0.05) is 12.1 Å². The van der Waals surface area contributed by atoms with Crippen molar-refractivity contribution in [2.45, 2.75) is 6.61 Å². The minimum Gasteiger partial charge on any atom is -0.497 e.